The predicted octanol–water partition coefficient (Wildman–Crippen LogP) is 16.9. The number of hydrogen-bond acceptors (Lipinski definition) is 0. The number of nitrogens with zero attached hydrogens (tertiary/aromatic N) is 2. The topological polar surface area (TPSA) is 9.86 Å². The highest BCUT2D eigenvalue weighted by Crippen LogP contribution is 2.44. The van der Waals surface area contributed by atoms with Crippen LogP contribution in [0.1, 0.15) is 0 Å². The van der Waals surface area contributed by atoms with E-state index in [2.05, 4.69) is 252 Å². The van der Waals surface area contributed by atoms with Gasteiger partial charge in [0.05, 0.1) is 22.1 Å². The number of fused-ring (bicyclic) bond motifs is 8. The van der Waals surface area contributed by atoms with Crippen LogP contribution < -0.4 is 0 Å². The molecule has 0 unspecified atom stereocenters. The first-order valence-electron chi connectivity index (χ1n) is 22.1. The van der Waals surface area contributed by atoms with Crippen molar-refractivity contribution in [3.63, 3.8) is 0 Å². The molecule has 0 atom stereocenters. The van der Waals surface area contributed by atoms with Crippen molar-refractivity contribution in [2.45, 2.75) is 0 Å². The third kappa shape index (κ3) is 5.73. The maximum Gasteiger partial charge on any atom is 0.0541 e. The number of benzene rings is 11. The highest BCUT2D eigenvalue weighted by molar-refractivity contribution is 6.13. The van der Waals surface area contributed by atoms with Gasteiger partial charge >= 0.3 is 0 Å². The van der Waals surface area contributed by atoms with Crippen LogP contribution in [-0.2, 0) is 0 Å². The zero-order valence-electron chi connectivity index (χ0n) is 35.0. The lowest BCUT2D eigenvalue weighted by Crippen LogP contribution is -1.94. The lowest BCUT2D eigenvalue weighted by atomic mass is 9.86. The van der Waals surface area contributed by atoms with Crippen molar-refractivity contribution in [2.75, 3.05) is 0 Å². The summed E-state index contributed by atoms with van der Waals surface area (Å²) in [6.45, 7) is 0. The smallest absolute Gasteiger partial charge is 0.0541 e. The summed E-state index contributed by atoms with van der Waals surface area (Å²) in [7, 11) is 0. The van der Waals surface area contributed by atoms with Gasteiger partial charge in [-0.25, -0.2) is 0 Å². The summed E-state index contributed by atoms with van der Waals surface area (Å²) in [5.74, 6) is 0. The number of hydrogen-bond donors (Lipinski definition) is 0. The van der Waals surface area contributed by atoms with Gasteiger partial charge in [-0.3, -0.25) is 0 Å². The Labute approximate surface area is 371 Å². The predicted molar refractivity (Wildman–Crippen MR) is 272 cm³/mol. The Balaban J connectivity index is 0.939. The van der Waals surface area contributed by atoms with Crippen LogP contribution in [0.5, 0.6) is 0 Å². The molecule has 0 aliphatic rings. The quantitative estimate of drug-likeness (QED) is 0.158. The maximum absolute atomic E-state index is 2.41. The zero-order chi connectivity index (χ0) is 42.1. The Hall–Kier alpha value is -8.46. The molecule has 2 nitrogen and oxygen atoms in total. The summed E-state index contributed by atoms with van der Waals surface area (Å²) in [4.78, 5) is 0. The van der Waals surface area contributed by atoms with E-state index < -0.39 is 0 Å². The van der Waals surface area contributed by atoms with Gasteiger partial charge in [-0.2, -0.15) is 0 Å². The van der Waals surface area contributed by atoms with Gasteiger partial charge in [-0.15, -0.1) is 0 Å². The first-order chi connectivity index (χ1) is 31.7. The second kappa shape index (κ2) is 14.6. The van der Waals surface area contributed by atoms with Crippen LogP contribution in [0.3, 0.4) is 0 Å². The Kier molecular flexibility index (Phi) is 8.25. The zero-order valence-corrected chi connectivity index (χ0v) is 35.0. The molecule has 2 aromatic heterocycles. The van der Waals surface area contributed by atoms with Crippen LogP contribution in [0.15, 0.2) is 243 Å². The van der Waals surface area contributed by atoms with Crippen molar-refractivity contribution >= 4 is 65.2 Å². The highest BCUT2D eigenvalue weighted by atomic mass is 15.0. The molecule has 0 saturated carbocycles. The van der Waals surface area contributed by atoms with E-state index in [1.165, 1.54) is 121 Å². The fourth-order valence-electron chi connectivity index (χ4n) is 10.4. The molecular formula is C62H40N2. The van der Waals surface area contributed by atoms with E-state index in [0.717, 1.165) is 0 Å². The number of rotatable bonds is 6. The third-order valence-electron chi connectivity index (χ3n) is 13.3. The fraction of sp³-hybridized carbons (Fsp3) is 0. The second-order valence-corrected chi connectivity index (χ2v) is 16.9. The molecule has 0 N–H and O–H groups in total. The molecular weight excluding hydrogens is 773 g/mol. The van der Waals surface area contributed by atoms with Crippen molar-refractivity contribution in [1.29, 1.82) is 0 Å². The lowest BCUT2D eigenvalue weighted by molar-refractivity contribution is 1.19. The minimum Gasteiger partial charge on any atom is -0.309 e. The van der Waals surface area contributed by atoms with Gasteiger partial charge in [-0.05, 0) is 127 Å². The lowest BCUT2D eigenvalue weighted by Gasteiger charge is -2.17. The van der Waals surface area contributed by atoms with E-state index in [4.69, 9.17) is 0 Å². The average Bonchev–Trinajstić information content (AvgIpc) is 3.88. The van der Waals surface area contributed by atoms with Crippen molar-refractivity contribution in [3.8, 4) is 55.9 Å². The fourth-order valence-corrected chi connectivity index (χ4v) is 10.4. The molecule has 0 radical (unpaired) electrons. The van der Waals surface area contributed by atoms with Gasteiger partial charge in [0.1, 0.15) is 0 Å². The normalized spacial score (nSPS) is 11.8. The molecule has 13 aromatic rings. The molecule has 0 aliphatic heterocycles. The van der Waals surface area contributed by atoms with Crippen LogP contribution in [0.2, 0.25) is 0 Å². The van der Waals surface area contributed by atoms with Crippen LogP contribution >= 0.6 is 0 Å². The Bertz CT molecular complexity index is 3710. The van der Waals surface area contributed by atoms with Gasteiger partial charge in [0.2, 0.25) is 0 Å². The van der Waals surface area contributed by atoms with Crippen molar-refractivity contribution in [2.24, 2.45) is 0 Å². The molecule has 0 saturated heterocycles. The molecule has 0 bridgehead atoms. The monoisotopic (exact) mass is 812 g/mol. The highest BCUT2D eigenvalue weighted by Gasteiger charge is 2.19. The van der Waals surface area contributed by atoms with E-state index in [1.54, 1.807) is 0 Å². The molecule has 2 heterocycles. The molecule has 11 aromatic carbocycles. The molecule has 64 heavy (non-hydrogen) atoms. The summed E-state index contributed by atoms with van der Waals surface area (Å²) in [6.07, 6.45) is 0. The minimum absolute atomic E-state index is 1.17. The van der Waals surface area contributed by atoms with Crippen LogP contribution in [0, 0.1) is 0 Å². The molecule has 0 spiro atoms. The van der Waals surface area contributed by atoms with E-state index >= 15 is 0 Å². The van der Waals surface area contributed by atoms with Crippen molar-refractivity contribution in [3.05, 3.63) is 243 Å². The first kappa shape index (κ1) is 36.2. The van der Waals surface area contributed by atoms with Gasteiger partial charge < -0.3 is 9.13 Å². The van der Waals surface area contributed by atoms with Crippen molar-refractivity contribution < 1.29 is 0 Å². The van der Waals surface area contributed by atoms with Crippen LogP contribution in [0.4, 0.5) is 0 Å². The molecule has 0 fully saturated rings. The summed E-state index contributed by atoms with van der Waals surface area (Å²) >= 11 is 0. The Morgan fingerprint density at radius 3 is 0.969 bits per heavy atom. The van der Waals surface area contributed by atoms with E-state index in [0.29, 0.717) is 0 Å². The third-order valence-corrected chi connectivity index (χ3v) is 13.3. The van der Waals surface area contributed by atoms with Crippen LogP contribution in [0.25, 0.3) is 121 Å². The van der Waals surface area contributed by atoms with Crippen LogP contribution in [-0.4, -0.2) is 9.13 Å². The summed E-state index contributed by atoms with van der Waals surface area (Å²) in [5.41, 5.74) is 16.8. The molecule has 0 amide bonds. The van der Waals surface area contributed by atoms with Gasteiger partial charge in [0.15, 0.2) is 0 Å². The number of aromatic nitrogens is 2. The summed E-state index contributed by atoms with van der Waals surface area (Å²) in [5, 5.41) is 9.95. The van der Waals surface area contributed by atoms with Crippen molar-refractivity contribution in [1.82, 2.24) is 9.13 Å². The molecule has 2 heteroatoms. The summed E-state index contributed by atoms with van der Waals surface area (Å²) < 4.78 is 4.83. The molecule has 298 valence electrons. The Morgan fingerprint density at radius 1 is 0.203 bits per heavy atom. The first-order valence-corrected chi connectivity index (χ1v) is 22.1. The summed E-state index contributed by atoms with van der Waals surface area (Å²) in [6, 6.07) is 89.1. The molecule has 0 aliphatic carbocycles. The Morgan fingerprint density at radius 2 is 0.531 bits per heavy atom. The average molecular weight is 813 g/mol. The second-order valence-electron chi connectivity index (χ2n) is 16.9. The number of para-hydroxylation sites is 2. The molecule has 13 rings (SSSR count). The van der Waals surface area contributed by atoms with Gasteiger partial charge in [-0.1, -0.05) is 182 Å². The SMILES string of the molecule is c1ccc(-c2ccccc2-c2ccccc2-c2ccc3c(c2)c2ccccc2n3-c2ccc3ccccc3c2)c(-c2ccc3c(c2)c2ccccc2n3-c2ccc3ccccc3c2)c1. The standard InChI is InChI=1S/C62H40N2/c1-3-17-43-37-47(33-29-41(43)15-1)63-59-27-13-11-25-55(59)57-39-45(31-35-61(57)63)49-19-5-7-21-51(49)53-23-9-10-24-54(53)52-22-8-6-20-50(52)46-32-36-62-58(40-46)56-26-12-14-28-60(56)64(62)48-34-30-42-16-2-4-18-44(42)38-48/h1-40H. The van der Waals surface area contributed by atoms with Gasteiger partial charge in [0, 0.05) is 32.9 Å². The minimum atomic E-state index is 1.17. The van der Waals surface area contributed by atoms with E-state index in [-0.39, 0.29) is 0 Å². The van der Waals surface area contributed by atoms with E-state index in [9.17, 15) is 0 Å². The van der Waals surface area contributed by atoms with E-state index in [1.807, 2.05) is 0 Å². The maximum atomic E-state index is 2.41. The van der Waals surface area contributed by atoms with Gasteiger partial charge in [0.25, 0.3) is 0 Å². The largest absolute Gasteiger partial charge is 0.309 e.